The first kappa shape index (κ1) is 42.9. The number of aliphatic hydroxyl groups is 2. The molecule has 3 aromatic rings. The van der Waals surface area contributed by atoms with E-state index in [1.165, 1.54) is 25.6 Å². The van der Waals surface area contributed by atoms with Gasteiger partial charge >= 0.3 is 23.5 Å². The zero-order valence-corrected chi connectivity index (χ0v) is 31.4. The molecule has 28 heteroatoms. The van der Waals surface area contributed by atoms with Crippen LogP contribution in [0.3, 0.4) is 0 Å². The Bertz CT molecular complexity index is 1860. The lowest BCUT2D eigenvalue weighted by molar-refractivity contribution is -0.137. The van der Waals surface area contributed by atoms with E-state index >= 15 is 0 Å². The standard InChI is InChI=1S/C25H39N8O16P3S/c1-25(2,20(36)23(37)29-7-5-15(34)27-8-9-53-16-4-3-6-28-16)11-46-52(43,44)49-51(41,42)45-10-14-19(48-50(38,39)40)18(35)24(47-14)33-13-32-17-21(26)30-12-31-22(17)33/h3-4,6,12-14,18-20,24,28,35-36H,5,7-11H2,1-2H3,(H,27,34)(H,29,37)(H,41,42)(H,43,44)(H2,26,30,31)(H2,38,39,40)/t14-,18-,19-,20+,24-/m1/s1. The van der Waals surface area contributed by atoms with Gasteiger partial charge < -0.3 is 55.9 Å². The second-order valence-corrected chi connectivity index (χ2v) is 17.3. The van der Waals surface area contributed by atoms with Crippen molar-refractivity contribution in [2.45, 2.75) is 55.9 Å². The molecule has 0 saturated carbocycles. The maximum absolute atomic E-state index is 12.7. The van der Waals surface area contributed by atoms with Crippen LogP contribution >= 0.6 is 35.2 Å². The van der Waals surface area contributed by atoms with Gasteiger partial charge in [0.25, 0.3) is 0 Å². The molecule has 24 nitrogen and oxygen atoms in total. The Morgan fingerprint density at radius 2 is 1.83 bits per heavy atom. The van der Waals surface area contributed by atoms with Crippen LogP contribution in [0.2, 0.25) is 0 Å². The molecule has 1 aliphatic rings. The van der Waals surface area contributed by atoms with Crippen LogP contribution in [-0.4, -0.2) is 123 Å². The normalized spacial score (nSPS) is 22.3. The summed E-state index contributed by atoms with van der Waals surface area (Å²) in [6.07, 6.45) is -4.99. The van der Waals surface area contributed by atoms with E-state index in [9.17, 15) is 53.1 Å². The molecule has 1 aliphatic heterocycles. The van der Waals surface area contributed by atoms with Gasteiger partial charge in [-0.25, -0.2) is 28.6 Å². The van der Waals surface area contributed by atoms with Crippen molar-refractivity contribution in [1.82, 2.24) is 35.1 Å². The number of aromatic amines is 1. The predicted octanol–water partition coefficient (Wildman–Crippen LogP) is -0.475. The lowest BCUT2D eigenvalue weighted by Crippen LogP contribution is -2.46. The molecule has 1 fully saturated rings. The number of imidazole rings is 1. The Hall–Kier alpha value is -2.83. The van der Waals surface area contributed by atoms with E-state index in [2.05, 4.69) is 39.4 Å². The molecule has 4 rings (SSSR count). The molecule has 0 spiro atoms. The van der Waals surface area contributed by atoms with E-state index in [1.54, 1.807) is 6.20 Å². The molecular formula is C25H39N8O16P3S. The highest BCUT2D eigenvalue weighted by atomic mass is 32.2. The molecule has 0 radical (unpaired) electrons. The lowest BCUT2D eigenvalue weighted by atomic mass is 9.87. The minimum atomic E-state index is -5.55. The fourth-order valence-corrected chi connectivity index (χ4v) is 8.27. The lowest BCUT2D eigenvalue weighted by Gasteiger charge is -2.30. The second kappa shape index (κ2) is 17.8. The Morgan fingerprint density at radius 3 is 2.51 bits per heavy atom. The van der Waals surface area contributed by atoms with Crippen molar-refractivity contribution in [2.75, 3.05) is 37.8 Å². The molecule has 3 aromatic heterocycles. The summed E-state index contributed by atoms with van der Waals surface area (Å²) in [5.74, 6) is -0.724. The minimum absolute atomic E-state index is 0.0365. The number of ether oxygens (including phenoxy) is 1. The molecule has 11 N–H and O–H groups in total. The van der Waals surface area contributed by atoms with Crippen molar-refractivity contribution in [2.24, 2.45) is 5.41 Å². The number of nitrogens with one attached hydrogen (secondary N) is 3. The Balaban J connectivity index is 1.26. The first-order chi connectivity index (χ1) is 24.7. The van der Waals surface area contributed by atoms with E-state index in [4.69, 9.17) is 19.5 Å². The summed E-state index contributed by atoms with van der Waals surface area (Å²) in [5.41, 5.74) is 4.30. The van der Waals surface area contributed by atoms with Crippen LogP contribution < -0.4 is 16.4 Å². The van der Waals surface area contributed by atoms with Gasteiger partial charge in [-0.05, 0) is 12.1 Å². The van der Waals surface area contributed by atoms with Crippen molar-refractivity contribution in [3.8, 4) is 0 Å². The zero-order chi connectivity index (χ0) is 39.2. The number of rotatable bonds is 20. The van der Waals surface area contributed by atoms with Gasteiger partial charge in [-0.2, -0.15) is 4.31 Å². The predicted molar refractivity (Wildman–Crippen MR) is 181 cm³/mol. The van der Waals surface area contributed by atoms with Gasteiger partial charge in [-0.15, -0.1) is 11.8 Å². The van der Waals surface area contributed by atoms with Gasteiger partial charge in [0.2, 0.25) is 11.8 Å². The van der Waals surface area contributed by atoms with Gasteiger partial charge in [0.15, 0.2) is 17.7 Å². The zero-order valence-electron chi connectivity index (χ0n) is 27.9. The summed E-state index contributed by atoms with van der Waals surface area (Å²) in [6, 6.07) is 3.73. The number of hydrogen-bond donors (Lipinski definition) is 10. The highest BCUT2D eigenvalue weighted by molar-refractivity contribution is 7.99. The third-order valence-corrected chi connectivity index (χ3v) is 11.4. The number of carbonyl (C=O) groups excluding carboxylic acids is 2. The van der Waals surface area contributed by atoms with Crippen LogP contribution in [0.15, 0.2) is 36.0 Å². The van der Waals surface area contributed by atoms with Gasteiger partial charge in [0, 0.05) is 36.9 Å². The van der Waals surface area contributed by atoms with Crippen LogP contribution in [0.25, 0.3) is 11.2 Å². The Kier molecular flexibility index (Phi) is 14.4. The Labute approximate surface area is 304 Å². The first-order valence-electron chi connectivity index (χ1n) is 15.3. The van der Waals surface area contributed by atoms with E-state index in [1.807, 2.05) is 12.1 Å². The topological polar surface area (TPSA) is 362 Å². The summed E-state index contributed by atoms with van der Waals surface area (Å²) in [7, 11) is -16.3. The number of nitrogens with zero attached hydrogens (tertiary/aromatic N) is 4. The molecule has 2 amide bonds. The van der Waals surface area contributed by atoms with Crippen molar-refractivity contribution in [3.05, 3.63) is 31.0 Å². The van der Waals surface area contributed by atoms with E-state index in [0.717, 1.165) is 22.2 Å². The fraction of sp³-hybridized carbons (Fsp3) is 0.560. The van der Waals surface area contributed by atoms with Gasteiger partial charge in [-0.1, -0.05) is 13.8 Å². The molecule has 0 aromatic carbocycles. The first-order valence-corrected chi connectivity index (χ1v) is 20.8. The van der Waals surface area contributed by atoms with E-state index in [-0.39, 0.29) is 35.9 Å². The molecule has 0 aliphatic carbocycles. The molecular weight excluding hydrogens is 793 g/mol. The number of carbonyl (C=O) groups is 2. The summed E-state index contributed by atoms with van der Waals surface area (Å²) in [4.78, 5) is 78.5. The van der Waals surface area contributed by atoms with Crippen molar-refractivity contribution in [3.63, 3.8) is 0 Å². The van der Waals surface area contributed by atoms with Gasteiger partial charge in [0.05, 0.1) is 24.6 Å². The quantitative estimate of drug-likeness (QED) is 0.0390. The van der Waals surface area contributed by atoms with Crippen molar-refractivity contribution < 1.29 is 75.7 Å². The maximum atomic E-state index is 12.7. The third-order valence-electron chi connectivity index (χ3n) is 7.33. The third kappa shape index (κ3) is 12.3. The highest BCUT2D eigenvalue weighted by Gasteiger charge is 2.50. The Morgan fingerprint density at radius 1 is 1.11 bits per heavy atom. The van der Waals surface area contributed by atoms with Gasteiger partial charge in [-0.3, -0.25) is 27.7 Å². The maximum Gasteiger partial charge on any atom is 0.481 e. The number of phosphoric ester groups is 3. The number of amides is 2. The summed E-state index contributed by atoms with van der Waals surface area (Å²) < 4.78 is 62.0. The van der Waals surface area contributed by atoms with Crippen LogP contribution in [0.1, 0.15) is 26.5 Å². The molecule has 1 saturated heterocycles. The van der Waals surface area contributed by atoms with E-state index < -0.39 is 78.6 Å². The number of aliphatic hydroxyl groups excluding tert-OH is 2. The number of phosphoric acid groups is 3. The number of thioether (sulfide) groups is 1. The van der Waals surface area contributed by atoms with Gasteiger partial charge in [0.1, 0.15) is 36.3 Å². The minimum Gasteiger partial charge on any atom is -0.386 e. The van der Waals surface area contributed by atoms with Crippen molar-refractivity contribution in [1.29, 1.82) is 0 Å². The number of fused-ring (bicyclic) bond motifs is 1. The number of aromatic nitrogens is 5. The largest absolute Gasteiger partial charge is 0.481 e. The summed E-state index contributed by atoms with van der Waals surface area (Å²) in [6.45, 7) is 0.789. The summed E-state index contributed by atoms with van der Waals surface area (Å²) >= 11 is 1.50. The molecule has 2 unspecified atom stereocenters. The molecule has 53 heavy (non-hydrogen) atoms. The summed E-state index contributed by atoms with van der Waals surface area (Å²) in [5, 5.41) is 27.4. The average Bonchev–Trinajstić information content (AvgIpc) is 3.80. The number of nitrogen functional groups attached to an aromatic ring is 1. The fourth-order valence-electron chi connectivity index (χ4n) is 4.69. The molecule has 4 heterocycles. The number of nitrogens with two attached hydrogens (primary N) is 1. The highest BCUT2D eigenvalue weighted by Crippen LogP contribution is 2.61. The van der Waals surface area contributed by atoms with Crippen LogP contribution in [-0.2, 0) is 45.9 Å². The molecule has 0 bridgehead atoms. The van der Waals surface area contributed by atoms with Crippen LogP contribution in [0, 0.1) is 5.41 Å². The average molecular weight is 833 g/mol. The van der Waals surface area contributed by atoms with Crippen LogP contribution in [0.5, 0.6) is 0 Å². The monoisotopic (exact) mass is 832 g/mol. The molecule has 296 valence electrons. The number of anilines is 1. The van der Waals surface area contributed by atoms with Crippen LogP contribution in [0.4, 0.5) is 5.82 Å². The SMILES string of the molecule is CC(C)(COP(=O)(O)OP(=O)(O)OC[C@H]1O[C@@H](n2cnc3c(N)ncnc32)[C@H](O)[C@@H]1OP(=O)(O)O)[C@@H](O)C(=O)NCCC(=O)NCCSc1ccc[nH]1. The van der Waals surface area contributed by atoms with E-state index in [0.29, 0.717) is 12.3 Å². The number of hydrogen-bond acceptors (Lipinski definition) is 17. The molecule has 7 atom stereocenters. The van der Waals surface area contributed by atoms with Crippen molar-refractivity contribution >= 4 is 64.0 Å². The second-order valence-electron chi connectivity index (χ2n) is 12.0. The smallest absolute Gasteiger partial charge is 0.386 e. The number of H-pyrrole nitrogens is 1.